The smallest absolute Gasteiger partial charge is 0.355 e. The molecule has 0 fully saturated rings. The van der Waals surface area contributed by atoms with Crippen molar-refractivity contribution in [2.75, 3.05) is 0 Å². The maximum atomic E-state index is 13.1. The molecular formula is C23H21NO4. The molecule has 5 nitrogen and oxygen atoms in total. The number of hydrogen-bond acceptors (Lipinski definition) is 4. The topological polar surface area (TPSA) is 76.2 Å². The molecule has 0 saturated heterocycles. The van der Waals surface area contributed by atoms with Gasteiger partial charge in [0.25, 0.3) is 0 Å². The Hall–Kier alpha value is -3.47. The predicted octanol–water partition coefficient (Wildman–Crippen LogP) is 4.62. The van der Waals surface area contributed by atoms with E-state index in [1.54, 1.807) is 24.3 Å². The molecule has 0 unspecified atom stereocenters. The first kappa shape index (κ1) is 19.3. The monoisotopic (exact) mass is 375 g/mol. The highest BCUT2D eigenvalue weighted by Crippen LogP contribution is 2.25. The average Bonchev–Trinajstić information content (AvgIpc) is 3.18. The Morgan fingerprint density at radius 2 is 1.43 bits per heavy atom. The zero-order valence-corrected chi connectivity index (χ0v) is 16.0. The van der Waals surface area contributed by atoms with Crippen LogP contribution in [0, 0.1) is 13.8 Å². The second-order valence-corrected chi connectivity index (χ2v) is 6.78. The molecule has 0 aliphatic heterocycles. The Bertz CT molecular complexity index is 1010. The fraction of sp³-hybridized carbons (Fsp3) is 0.174. The van der Waals surface area contributed by atoms with E-state index in [0.29, 0.717) is 16.7 Å². The summed E-state index contributed by atoms with van der Waals surface area (Å²) in [7, 11) is 0. The molecule has 3 rings (SSSR count). The van der Waals surface area contributed by atoms with Gasteiger partial charge in [0, 0.05) is 22.9 Å². The molecular weight excluding hydrogens is 354 g/mol. The van der Waals surface area contributed by atoms with Gasteiger partial charge in [0.05, 0.1) is 0 Å². The van der Waals surface area contributed by atoms with Crippen LogP contribution in [0.25, 0.3) is 0 Å². The van der Waals surface area contributed by atoms with Crippen LogP contribution < -0.4 is 0 Å². The second-order valence-electron chi connectivity index (χ2n) is 6.78. The standard InChI is InChI=1S/C23H21NO4/c1-14-4-8-17(9-5-14)21(26)22(18-10-6-15(2)7-11-18)28-23(27)20-12-19(13-24-20)16(3)25/h4-13,22,24H,1-3H3/t22-/m1/s1. The Kier molecular flexibility index (Phi) is 5.54. The number of benzene rings is 2. The fourth-order valence-electron chi connectivity index (χ4n) is 2.77. The molecule has 3 aromatic rings. The van der Waals surface area contributed by atoms with E-state index in [1.807, 2.05) is 38.1 Å². The number of carbonyl (C=O) groups is 3. The summed E-state index contributed by atoms with van der Waals surface area (Å²) in [6, 6.07) is 15.8. The molecule has 1 aromatic heterocycles. The van der Waals surface area contributed by atoms with Crippen molar-refractivity contribution >= 4 is 17.5 Å². The molecule has 0 bridgehead atoms. The van der Waals surface area contributed by atoms with Crippen molar-refractivity contribution in [2.45, 2.75) is 26.9 Å². The highest BCUT2D eigenvalue weighted by atomic mass is 16.5. The lowest BCUT2D eigenvalue weighted by Crippen LogP contribution is -2.20. The number of H-pyrrole nitrogens is 1. The van der Waals surface area contributed by atoms with Crippen LogP contribution in [0.4, 0.5) is 0 Å². The van der Waals surface area contributed by atoms with E-state index < -0.39 is 12.1 Å². The molecule has 142 valence electrons. The van der Waals surface area contributed by atoms with Gasteiger partial charge in [-0.05, 0) is 26.8 Å². The number of aromatic nitrogens is 1. The number of esters is 1. The molecule has 1 atom stereocenters. The van der Waals surface area contributed by atoms with E-state index in [-0.39, 0.29) is 17.3 Å². The van der Waals surface area contributed by atoms with Gasteiger partial charge in [-0.15, -0.1) is 0 Å². The van der Waals surface area contributed by atoms with Gasteiger partial charge in [0.2, 0.25) is 5.78 Å². The number of ether oxygens (including phenoxy) is 1. The van der Waals surface area contributed by atoms with Crippen molar-refractivity contribution in [3.05, 3.63) is 94.3 Å². The summed E-state index contributed by atoms with van der Waals surface area (Å²) in [5, 5.41) is 0. The maximum Gasteiger partial charge on any atom is 0.355 e. The van der Waals surface area contributed by atoms with Crippen molar-refractivity contribution < 1.29 is 19.1 Å². The van der Waals surface area contributed by atoms with Crippen molar-refractivity contribution in [1.82, 2.24) is 4.98 Å². The number of hydrogen-bond donors (Lipinski definition) is 1. The molecule has 1 heterocycles. The zero-order chi connectivity index (χ0) is 20.3. The minimum absolute atomic E-state index is 0.124. The van der Waals surface area contributed by atoms with Gasteiger partial charge < -0.3 is 9.72 Å². The summed E-state index contributed by atoms with van der Waals surface area (Å²) in [6.45, 7) is 5.28. The van der Waals surface area contributed by atoms with E-state index in [9.17, 15) is 14.4 Å². The maximum absolute atomic E-state index is 13.1. The lowest BCUT2D eigenvalue weighted by atomic mass is 9.98. The highest BCUT2D eigenvalue weighted by molar-refractivity contribution is 6.02. The van der Waals surface area contributed by atoms with Crippen LogP contribution in [0.3, 0.4) is 0 Å². The quantitative estimate of drug-likeness (QED) is 0.504. The van der Waals surface area contributed by atoms with Crippen molar-refractivity contribution in [3.63, 3.8) is 0 Å². The number of nitrogens with one attached hydrogen (secondary N) is 1. The summed E-state index contributed by atoms with van der Waals surface area (Å²) in [4.78, 5) is 39.9. The molecule has 0 amide bonds. The third-order valence-corrected chi connectivity index (χ3v) is 4.49. The molecule has 1 N–H and O–H groups in total. The van der Waals surface area contributed by atoms with Crippen molar-refractivity contribution in [1.29, 1.82) is 0 Å². The molecule has 0 radical (unpaired) electrons. The van der Waals surface area contributed by atoms with E-state index in [2.05, 4.69) is 4.98 Å². The first-order chi connectivity index (χ1) is 13.3. The van der Waals surface area contributed by atoms with E-state index >= 15 is 0 Å². The van der Waals surface area contributed by atoms with Gasteiger partial charge in [-0.1, -0.05) is 59.7 Å². The Balaban J connectivity index is 1.92. The number of carbonyl (C=O) groups excluding carboxylic acids is 3. The summed E-state index contributed by atoms with van der Waals surface area (Å²) in [6.07, 6.45) is 0.363. The number of aryl methyl sites for hydroxylation is 2. The summed E-state index contributed by atoms with van der Waals surface area (Å²) < 4.78 is 5.57. The minimum Gasteiger partial charge on any atom is -0.444 e. The first-order valence-corrected chi connectivity index (χ1v) is 8.93. The number of rotatable bonds is 6. The van der Waals surface area contributed by atoms with Crippen molar-refractivity contribution in [2.24, 2.45) is 0 Å². The van der Waals surface area contributed by atoms with Gasteiger partial charge in [-0.2, -0.15) is 0 Å². The lowest BCUT2D eigenvalue weighted by molar-refractivity contribution is 0.0275. The SMILES string of the molecule is CC(=O)c1c[nH]c(C(=O)O[C@@H](C(=O)c2ccc(C)cc2)c2ccc(C)cc2)c1. The Morgan fingerprint density at radius 3 is 1.96 bits per heavy atom. The molecule has 28 heavy (non-hydrogen) atoms. The van der Waals surface area contributed by atoms with Gasteiger partial charge in [0.1, 0.15) is 5.69 Å². The van der Waals surface area contributed by atoms with Crippen LogP contribution in [0.15, 0.2) is 60.8 Å². The number of ketones is 2. The van der Waals surface area contributed by atoms with Gasteiger partial charge in [-0.25, -0.2) is 4.79 Å². The Morgan fingerprint density at radius 1 is 0.857 bits per heavy atom. The van der Waals surface area contributed by atoms with Crippen LogP contribution in [0.1, 0.15) is 60.9 Å². The highest BCUT2D eigenvalue weighted by Gasteiger charge is 2.27. The summed E-state index contributed by atoms with van der Waals surface area (Å²) in [5.41, 5.74) is 3.61. The van der Waals surface area contributed by atoms with Gasteiger partial charge >= 0.3 is 5.97 Å². The third kappa shape index (κ3) is 4.26. The predicted molar refractivity (Wildman–Crippen MR) is 106 cm³/mol. The van der Waals surface area contributed by atoms with Crippen LogP contribution in [-0.4, -0.2) is 22.5 Å². The largest absolute Gasteiger partial charge is 0.444 e. The van der Waals surface area contributed by atoms with Crippen LogP contribution >= 0.6 is 0 Å². The van der Waals surface area contributed by atoms with Crippen LogP contribution in [0.2, 0.25) is 0 Å². The van der Waals surface area contributed by atoms with E-state index in [1.165, 1.54) is 19.2 Å². The van der Waals surface area contributed by atoms with E-state index in [0.717, 1.165) is 11.1 Å². The molecule has 5 heteroatoms. The summed E-state index contributed by atoms with van der Waals surface area (Å²) in [5.74, 6) is -1.17. The molecule has 0 aliphatic rings. The first-order valence-electron chi connectivity index (χ1n) is 8.93. The fourth-order valence-corrected chi connectivity index (χ4v) is 2.77. The van der Waals surface area contributed by atoms with Crippen molar-refractivity contribution in [3.8, 4) is 0 Å². The van der Waals surface area contributed by atoms with Gasteiger partial charge in [0.15, 0.2) is 11.9 Å². The average molecular weight is 375 g/mol. The summed E-state index contributed by atoms with van der Waals surface area (Å²) >= 11 is 0. The van der Waals surface area contributed by atoms with Crippen LogP contribution in [0.5, 0.6) is 0 Å². The van der Waals surface area contributed by atoms with Crippen LogP contribution in [-0.2, 0) is 4.74 Å². The number of Topliss-reactive ketones (excluding diaryl/α,β-unsaturated/α-hetero) is 2. The molecule has 0 aliphatic carbocycles. The van der Waals surface area contributed by atoms with E-state index in [4.69, 9.17) is 4.74 Å². The van der Waals surface area contributed by atoms with Gasteiger partial charge in [-0.3, -0.25) is 9.59 Å². The minimum atomic E-state index is -1.08. The number of aromatic amines is 1. The normalized spacial score (nSPS) is 11.7. The Labute approximate surface area is 163 Å². The molecule has 0 saturated carbocycles. The molecule has 2 aromatic carbocycles. The second kappa shape index (κ2) is 8.05. The lowest BCUT2D eigenvalue weighted by Gasteiger charge is -2.17. The zero-order valence-electron chi connectivity index (χ0n) is 16.0. The molecule has 0 spiro atoms. The third-order valence-electron chi connectivity index (χ3n) is 4.49.